The Bertz CT molecular complexity index is 208. The fraction of sp³-hybridized carbons (Fsp3) is 0.909. The minimum Gasteiger partial charge on any atom is -0.198 e. The second-order valence-corrected chi connectivity index (χ2v) is 5.39. The van der Waals surface area contributed by atoms with E-state index in [4.69, 9.17) is 5.26 Å². The van der Waals surface area contributed by atoms with E-state index in [2.05, 4.69) is 19.9 Å². The van der Waals surface area contributed by atoms with Crippen LogP contribution in [0.1, 0.15) is 39.5 Å². The average Bonchev–Trinajstić information content (AvgIpc) is 2.40. The molecule has 2 fully saturated rings. The van der Waals surface area contributed by atoms with Crippen molar-refractivity contribution in [1.82, 2.24) is 0 Å². The van der Waals surface area contributed by atoms with Gasteiger partial charge in [-0.3, -0.25) is 0 Å². The van der Waals surface area contributed by atoms with E-state index in [1.165, 1.54) is 25.7 Å². The molecule has 0 bridgehead atoms. The summed E-state index contributed by atoms with van der Waals surface area (Å²) in [6.45, 7) is 4.74. The molecule has 12 heavy (non-hydrogen) atoms. The molecule has 0 aromatic heterocycles. The summed E-state index contributed by atoms with van der Waals surface area (Å²) in [5.41, 5.74) is 0.565. The number of hydrogen-bond acceptors (Lipinski definition) is 1. The highest BCUT2D eigenvalue weighted by molar-refractivity contribution is 5.00. The van der Waals surface area contributed by atoms with Gasteiger partial charge in [-0.2, -0.15) is 5.26 Å². The van der Waals surface area contributed by atoms with Crippen LogP contribution < -0.4 is 0 Å². The van der Waals surface area contributed by atoms with Crippen molar-refractivity contribution < 1.29 is 0 Å². The highest BCUT2D eigenvalue weighted by atomic mass is 14.5. The van der Waals surface area contributed by atoms with Gasteiger partial charge in [0.2, 0.25) is 0 Å². The third-order valence-corrected chi connectivity index (χ3v) is 3.65. The third-order valence-electron chi connectivity index (χ3n) is 3.65. The van der Waals surface area contributed by atoms with Crippen LogP contribution in [0.4, 0.5) is 0 Å². The van der Waals surface area contributed by atoms with Crippen molar-refractivity contribution in [2.45, 2.75) is 39.5 Å². The van der Waals surface area contributed by atoms with Crippen LogP contribution in [0.25, 0.3) is 0 Å². The Morgan fingerprint density at radius 3 is 2.08 bits per heavy atom. The summed E-state index contributed by atoms with van der Waals surface area (Å²) in [4.78, 5) is 0. The van der Waals surface area contributed by atoms with Gasteiger partial charge in [0.05, 0.1) is 6.07 Å². The molecule has 1 unspecified atom stereocenters. The van der Waals surface area contributed by atoms with Crippen LogP contribution in [0.3, 0.4) is 0 Å². The minimum absolute atomic E-state index is 0.385. The normalized spacial score (nSPS) is 43.9. The van der Waals surface area contributed by atoms with Crippen LogP contribution in [0.15, 0.2) is 0 Å². The molecule has 0 heterocycles. The monoisotopic (exact) mass is 163 g/mol. The summed E-state index contributed by atoms with van der Waals surface area (Å²) >= 11 is 0. The van der Waals surface area contributed by atoms with Crippen LogP contribution in [-0.2, 0) is 0 Å². The van der Waals surface area contributed by atoms with Crippen molar-refractivity contribution in [1.29, 1.82) is 5.26 Å². The molecule has 2 rings (SSSR count). The van der Waals surface area contributed by atoms with Gasteiger partial charge in [0, 0.05) is 5.92 Å². The van der Waals surface area contributed by atoms with Crippen molar-refractivity contribution in [3.63, 3.8) is 0 Å². The van der Waals surface area contributed by atoms with E-state index in [1.54, 1.807) is 0 Å². The quantitative estimate of drug-likeness (QED) is 0.538. The molecule has 0 radical (unpaired) electrons. The van der Waals surface area contributed by atoms with Crippen molar-refractivity contribution in [2.75, 3.05) is 0 Å². The molecular formula is C11H17N. The Morgan fingerprint density at radius 2 is 1.67 bits per heavy atom. The molecule has 0 amide bonds. The predicted molar refractivity (Wildman–Crippen MR) is 48.3 cm³/mol. The van der Waals surface area contributed by atoms with Gasteiger partial charge in [-0.1, -0.05) is 13.8 Å². The Morgan fingerprint density at radius 1 is 1.17 bits per heavy atom. The zero-order valence-corrected chi connectivity index (χ0v) is 8.01. The number of nitriles is 1. The first kappa shape index (κ1) is 8.10. The van der Waals surface area contributed by atoms with E-state index in [0.717, 1.165) is 11.8 Å². The van der Waals surface area contributed by atoms with Gasteiger partial charge in [-0.25, -0.2) is 0 Å². The first-order chi connectivity index (χ1) is 5.61. The highest BCUT2D eigenvalue weighted by Crippen LogP contribution is 2.54. The first-order valence-corrected chi connectivity index (χ1v) is 5.00. The van der Waals surface area contributed by atoms with Gasteiger partial charge in [0.15, 0.2) is 0 Å². The standard InChI is InChI=1S/C11H17N/c1-11(2)5-9-3-8(7-12)4-10(9)6-11/h8-10H,3-6H2,1-2H3/t8?,9-,10+. The average molecular weight is 163 g/mol. The fourth-order valence-electron chi connectivity index (χ4n) is 3.32. The van der Waals surface area contributed by atoms with E-state index >= 15 is 0 Å². The highest BCUT2D eigenvalue weighted by Gasteiger charge is 2.44. The fourth-order valence-corrected chi connectivity index (χ4v) is 3.32. The molecule has 2 saturated carbocycles. The molecule has 0 aromatic carbocycles. The maximum Gasteiger partial charge on any atom is 0.0655 e. The Hall–Kier alpha value is -0.510. The minimum atomic E-state index is 0.385. The molecule has 0 aromatic rings. The summed E-state index contributed by atoms with van der Waals surface area (Å²) in [7, 11) is 0. The zero-order valence-electron chi connectivity index (χ0n) is 8.01. The molecule has 2 aliphatic carbocycles. The van der Waals surface area contributed by atoms with Gasteiger partial charge in [-0.05, 0) is 42.9 Å². The second kappa shape index (κ2) is 2.49. The van der Waals surface area contributed by atoms with Gasteiger partial charge in [0.1, 0.15) is 0 Å². The summed E-state index contributed by atoms with van der Waals surface area (Å²) in [5.74, 6) is 2.14. The van der Waals surface area contributed by atoms with Crippen LogP contribution in [0.5, 0.6) is 0 Å². The van der Waals surface area contributed by atoms with E-state index in [9.17, 15) is 0 Å². The lowest BCUT2D eigenvalue weighted by Crippen LogP contribution is -2.07. The number of rotatable bonds is 0. The molecule has 0 N–H and O–H groups in total. The Labute approximate surface area is 74.8 Å². The molecular weight excluding hydrogens is 146 g/mol. The molecule has 3 atom stereocenters. The number of hydrogen-bond donors (Lipinski definition) is 0. The van der Waals surface area contributed by atoms with Crippen molar-refractivity contribution in [3.05, 3.63) is 0 Å². The van der Waals surface area contributed by atoms with E-state index < -0.39 is 0 Å². The van der Waals surface area contributed by atoms with Crippen molar-refractivity contribution in [2.24, 2.45) is 23.2 Å². The molecule has 2 aliphatic rings. The van der Waals surface area contributed by atoms with Crippen molar-refractivity contribution >= 4 is 0 Å². The molecule has 0 saturated heterocycles. The van der Waals surface area contributed by atoms with Gasteiger partial charge >= 0.3 is 0 Å². The van der Waals surface area contributed by atoms with Crippen LogP contribution in [0, 0.1) is 34.5 Å². The lowest BCUT2D eigenvalue weighted by Gasteiger charge is -2.18. The molecule has 1 nitrogen and oxygen atoms in total. The Balaban J connectivity index is 2.03. The van der Waals surface area contributed by atoms with E-state index in [0.29, 0.717) is 11.3 Å². The van der Waals surface area contributed by atoms with Gasteiger partial charge < -0.3 is 0 Å². The third kappa shape index (κ3) is 1.24. The smallest absolute Gasteiger partial charge is 0.0655 e. The molecule has 0 aliphatic heterocycles. The first-order valence-electron chi connectivity index (χ1n) is 5.00. The van der Waals surface area contributed by atoms with Gasteiger partial charge in [-0.15, -0.1) is 0 Å². The molecule has 0 spiro atoms. The Kier molecular flexibility index (Phi) is 1.68. The van der Waals surface area contributed by atoms with Crippen LogP contribution >= 0.6 is 0 Å². The summed E-state index contributed by atoms with van der Waals surface area (Å²) in [6, 6.07) is 2.42. The second-order valence-electron chi connectivity index (χ2n) is 5.39. The van der Waals surface area contributed by atoms with Crippen LogP contribution in [0.2, 0.25) is 0 Å². The lowest BCUT2D eigenvalue weighted by atomic mass is 9.87. The van der Waals surface area contributed by atoms with Crippen LogP contribution in [-0.4, -0.2) is 0 Å². The maximum atomic E-state index is 8.80. The van der Waals surface area contributed by atoms with E-state index in [-0.39, 0.29) is 0 Å². The molecule has 66 valence electrons. The topological polar surface area (TPSA) is 23.8 Å². The number of fused-ring (bicyclic) bond motifs is 1. The van der Waals surface area contributed by atoms with Crippen molar-refractivity contribution in [3.8, 4) is 6.07 Å². The number of nitrogens with zero attached hydrogens (tertiary/aromatic N) is 1. The van der Waals surface area contributed by atoms with Gasteiger partial charge in [0.25, 0.3) is 0 Å². The lowest BCUT2D eigenvalue weighted by molar-refractivity contribution is 0.337. The zero-order chi connectivity index (χ0) is 8.77. The van der Waals surface area contributed by atoms with E-state index in [1.807, 2.05) is 0 Å². The summed E-state index contributed by atoms with van der Waals surface area (Å²) in [5, 5.41) is 8.80. The SMILES string of the molecule is CC1(C)C[C@H]2CC(C#N)C[C@H]2C1. The predicted octanol–water partition coefficient (Wildman–Crippen LogP) is 2.97. The maximum absolute atomic E-state index is 8.80. The largest absolute Gasteiger partial charge is 0.198 e. The summed E-state index contributed by atoms with van der Waals surface area (Å²) < 4.78 is 0. The summed E-state index contributed by atoms with van der Waals surface area (Å²) in [6.07, 6.45) is 5.08. The molecule has 1 heteroatoms.